The fraction of sp³-hybridized carbons (Fsp3) is 0.280. The molecule has 3 aromatic rings. The second-order valence-corrected chi connectivity index (χ2v) is 7.60. The van der Waals surface area contributed by atoms with Crippen molar-refractivity contribution in [3.63, 3.8) is 0 Å². The molecule has 1 N–H and O–H groups in total. The van der Waals surface area contributed by atoms with Crippen molar-refractivity contribution in [2.24, 2.45) is 0 Å². The highest BCUT2D eigenvalue weighted by atomic mass is 16.2. The van der Waals surface area contributed by atoms with Gasteiger partial charge in [0.25, 0.3) is 5.91 Å². The lowest BCUT2D eigenvalue weighted by molar-refractivity contribution is 0.0629. The van der Waals surface area contributed by atoms with Gasteiger partial charge in [0.2, 0.25) is 0 Å². The quantitative estimate of drug-likeness (QED) is 0.659. The van der Waals surface area contributed by atoms with Crippen LogP contribution in [0.5, 0.6) is 0 Å². The Labute approximate surface area is 172 Å². The van der Waals surface area contributed by atoms with Crippen LogP contribution in [0, 0.1) is 6.92 Å². The number of hydrogen-bond donors (Lipinski definition) is 1. The third-order valence-corrected chi connectivity index (χ3v) is 5.54. The van der Waals surface area contributed by atoms with Crippen LogP contribution in [-0.2, 0) is 0 Å². The molecule has 4 heteroatoms. The average molecular weight is 386 g/mol. The molecule has 0 bridgehead atoms. The molecular weight excluding hydrogens is 358 g/mol. The van der Waals surface area contributed by atoms with E-state index in [0.717, 1.165) is 60.6 Å². The number of aromatic nitrogens is 1. The highest BCUT2D eigenvalue weighted by Gasteiger charge is 2.28. The number of benzene rings is 2. The number of rotatable bonds is 5. The molecule has 1 atom stereocenters. The lowest BCUT2D eigenvalue weighted by Gasteiger charge is -2.36. The Morgan fingerprint density at radius 1 is 1.00 bits per heavy atom. The first-order chi connectivity index (χ1) is 14.2. The molecule has 4 nitrogen and oxygen atoms in total. The summed E-state index contributed by atoms with van der Waals surface area (Å²) in [5, 5.41) is 3.43. The fourth-order valence-electron chi connectivity index (χ4n) is 4.04. The van der Waals surface area contributed by atoms with Crippen LogP contribution in [-0.4, -0.2) is 34.9 Å². The number of pyridine rings is 1. The molecule has 0 saturated carbocycles. The second-order valence-electron chi connectivity index (χ2n) is 7.60. The molecule has 29 heavy (non-hydrogen) atoms. The van der Waals surface area contributed by atoms with Crippen molar-refractivity contribution in [3.05, 3.63) is 84.1 Å². The van der Waals surface area contributed by atoms with Crippen molar-refractivity contribution in [3.8, 4) is 11.1 Å². The topological polar surface area (TPSA) is 45.2 Å². The summed E-state index contributed by atoms with van der Waals surface area (Å²) >= 11 is 0. The third kappa shape index (κ3) is 4.48. The largest absolute Gasteiger partial charge is 0.368 e. The molecule has 1 saturated heterocycles. The maximum atomic E-state index is 13.6. The number of carbonyl (C=O) groups is 1. The van der Waals surface area contributed by atoms with E-state index in [2.05, 4.69) is 22.4 Å². The van der Waals surface area contributed by atoms with Gasteiger partial charge >= 0.3 is 0 Å². The van der Waals surface area contributed by atoms with E-state index in [-0.39, 0.29) is 11.9 Å². The SMILES string of the molecule is Cc1cccc(NCC2CCCCN2C(=O)c2ccccc2-c2ccccc2)n1. The maximum Gasteiger partial charge on any atom is 0.254 e. The van der Waals surface area contributed by atoms with Gasteiger partial charge in [0.15, 0.2) is 0 Å². The molecule has 1 amide bonds. The number of nitrogens with zero attached hydrogens (tertiary/aromatic N) is 2. The van der Waals surface area contributed by atoms with E-state index in [0.29, 0.717) is 0 Å². The van der Waals surface area contributed by atoms with Gasteiger partial charge in [-0.05, 0) is 55.5 Å². The van der Waals surface area contributed by atoms with Gasteiger partial charge in [-0.3, -0.25) is 4.79 Å². The smallest absolute Gasteiger partial charge is 0.254 e. The van der Waals surface area contributed by atoms with Crippen molar-refractivity contribution in [1.29, 1.82) is 0 Å². The normalized spacial score (nSPS) is 16.4. The van der Waals surface area contributed by atoms with Crippen LogP contribution in [0.1, 0.15) is 35.3 Å². The average Bonchev–Trinajstić information content (AvgIpc) is 2.78. The lowest BCUT2D eigenvalue weighted by Crippen LogP contribution is -2.47. The summed E-state index contributed by atoms with van der Waals surface area (Å²) in [5.41, 5.74) is 3.84. The summed E-state index contributed by atoms with van der Waals surface area (Å²) in [6.45, 7) is 3.51. The highest BCUT2D eigenvalue weighted by molar-refractivity contribution is 6.01. The number of aryl methyl sites for hydroxylation is 1. The molecule has 0 radical (unpaired) electrons. The Morgan fingerprint density at radius 2 is 1.79 bits per heavy atom. The van der Waals surface area contributed by atoms with E-state index >= 15 is 0 Å². The Hall–Kier alpha value is -3.14. The molecule has 148 valence electrons. The van der Waals surface area contributed by atoms with Crippen LogP contribution in [0.2, 0.25) is 0 Å². The summed E-state index contributed by atoms with van der Waals surface area (Å²) in [4.78, 5) is 20.1. The summed E-state index contributed by atoms with van der Waals surface area (Å²) < 4.78 is 0. The zero-order chi connectivity index (χ0) is 20.1. The molecule has 1 aliphatic rings. The van der Waals surface area contributed by atoms with Crippen molar-refractivity contribution < 1.29 is 4.79 Å². The monoisotopic (exact) mass is 385 g/mol. The number of likely N-dealkylation sites (tertiary alicyclic amines) is 1. The Kier molecular flexibility index (Phi) is 5.89. The van der Waals surface area contributed by atoms with Crippen LogP contribution >= 0.6 is 0 Å². The minimum absolute atomic E-state index is 0.119. The molecule has 2 heterocycles. The van der Waals surface area contributed by atoms with E-state index in [1.807, 2.05) is 72.5 Å². The molecule has 1 unspecified atom stereocenters. The van der Waals surface area contributed by atoms with E-state index < -0.39 is 0 Å². The highest BCUT2D eigenvalue weighted by Crippen LogP contribution is 2.27. The van der Waals surface area contributed by atoms with Gasteiger partial charge in [-0.25, -0.2) is 4.98 Å². The molecule has 1 aromatic heterocycles. The zero-order valence-corrected chi connectivity index (χ0v) is 16.8. The maximum absolute atomic E-state index is 13.6. The van der Waals surface area contributed by atoms with E-state index in [4.69, 9.17) is 0 Å². The summed E-state index contributed by atoms with van der Waals surface area (Å²) in [7, 11) is 0. The van der Waals surface area contributed by atoms with Crippen molar-refractivity contribution >= 4 is 11.7 Å². The van der Waals surface area contributed by atoms with Gasteiger partial charge < -0.3 is 10.2 Å². The number of anilines is 1. The summed E-state index contributed by atoms with van der Waals surface area (Å²) in [6.07, 6.45) is 3.22. The standard InChI is InChI=1S/C25H27N3O/c1-19-10-9-16-24(27-19)26-18-21-13-7-8-17-28(21)25(29)23-15-6-5-14-22(23)20-11-3-2-4-12-20/h2-6,9-12,14-16,21H,7-8,13,17-18H2,1H3,(H,26,27). The van der Waals surface area contributed by atoms with Crippen molar-refractivity contribution in [2.45, 2.75) is 32.2 Å². The third-order valence-electron chi connectivity index (χ3n) is 5.54. The molecule has 2 aromatic carbocycles. The molecule has 1 aliphatic heterocycles. The molecular formula is C25H27N3O. The van der Waals surface area contributed by atoms with Crippen LogP contribution in [0.4, 0.5) is 5.82 Å². The predicted octanol–water partition coefficient (Wildman–Crippen LogP) is 5.16. The first kappa shape index (κ1) is 19.2. The number of carbonyl (C=O) groups excluding carboxylic acids is 1. The van der Waals surface area contributed by atoms with Gasteiger partial charge in [-0.15, -0.1) is 0 Å². The predicted molar refractivity (Wildman–Crippen MR) is 118 cm³/mol. The summed E-state index contributed by atoms with van der Waals surface area (Å²) in [6, 6.07) is 24.2. The molecule has 0 spiro atoms. The molecule has 4 rings (SSSR count). The Morgan fingerprint density at radius 3 is 2.62 bits per heavy atom. The minimum Gasteiger partial charge on any atom is -0.368 e. The Bertz CT molecular complexity index is 971. The summed E-state index contributed by atoms with van der Waals surface area (Å²) in [5.74, 6) is 0.987. The number of hydrogen-bond acceptors (Lipinski definition) is 3. The van der Waals surface area contributed by atoms with Gasteiger partial charge in [0.05, 0.1) is 0 Å². The van der Waals surface area contributed by atoms with Crippen LogP contribution in [0.3, 0.4) is 0 Å². The van der Waals surface area contributed by atoms with E-state index in [1.165, 1.54) is 0 Å². The first-order valence-corrected chi connectivity index (χ1v) is 10.4. The fourth-order valence-corrected chi connectivity index (χ4v) is 4.04. The second kappa shape index (κ2) is 8.91. The minimum atomic E-state index is 0.119. The van der Waals surface area contributed by atoms with E-state index in [9.17, 15) is 4.79 Å². The van der Waals surface area contributed by atoms with Gasteiger partial charge in [-0.2, -0.15) is 0 Å². The van der Waals surface area contributed by atoms with Gasteiger partial charge in [-0.1, -0.05) is 54.6 Å². The molecule has 1 fully saturated rings. The van der Waals surface area contributed by atoms with Crippen LogP contribution < -0.4 is 5.32 Å². The van der Waals surface area contributed by atoms with Crippen LogP contribution in [0.15, 0.2) is 72.8 Å². The van der Waals surface area contributed by atoms with E-state index in [1.54, 1.807) is 0 Å². The molecule has 0 aliphatic carbocycles. The zero-order valence-electron chi connectivity index (χ0n) is 16.8. The Balaban J connectivity index is 1.55. The first-order valence-electron chi connectivity index (χ1n) is 10.4. The number of nitrogens with one attached hydrogen (secondary N) is 1. The number of amides is 1. The lowest BCUT2D eigenvalue weighted by atomic mass is 9.96. The number of piperidine rings is 1. The van der Waals surface area contributed by atoms with Crippen molar-refractivity contribution in [1.82, 2.24) is 9.88 Å². The van der Waals surface area contributed by atoms with Crippen LogP contribution in [0.25, 0.3) is 11.1 Å². The van der Waals surface area contributed by atoms with Gasteiger partial charge in [0.1, 0.15) is 5.82 Å². The van der Waals surface area contributed by atoms with Crippen molar-refractivity contribution in [2.75, 3.05) is 18.4 Å². The van der Waals surface area contributed by atoms with Gasteiger partial charge in [0, 0.05) is 30.4 Å².